The Morgan fingerprint density at radius 2 is 1.80 bits per heavy atom. The smallest absolute Gasteiger partial charge is 0.242 e. The zero-order valence-electron chi connectivity index (χ0n) is 14.1. The lowest BCUT2D eigenvalue weighted by molar-refractivity contribution is -0.139. The maximum atomic E-state index is 12.5. The second kappa shape index (κ2) is 8.88. The molecular formula is C19H20Cl2N2O2. The van der Waals surface area contributed by atoms with Crippen LogP contribution in [0.15, 0.2) is 48.5 Å². The van der Waals surface area contributed by atoms with Crippen molar-refractivity contribution in [1.29, 1.82) is 0 Å². The van der Waals surface area contributed by atoms with Gasteiger partial charge in [-0.1, -0.05) is 59.6 Å². The average molecular weight is 379 g/mol. The fourth-order valence-electron chi connectivity index (χ4n) is 2.44. The number of hydrogen-bond acceptors (Lipinski definition) is 2. The molecular weight excluding hydrogens is 359 g/mol. The molecule has 1 unspecified atom stereocenters. The van der Waals surface area contributed by atoms with E-state index in [0.29, 0.717) is 16.6 Å². The zero-order valence-corrected chi connectivity index (χ0v) is 15.6. The lowest BCUT2D eigenvalue weighted by Gasteiger charge is -2.27. The van der Waals surface area contributed by atoms with E-state index >= 15 is 0 Å². The lowest BCUT2D eigenvalue weighted by Crippen LogP contribution is -2.46. The van der Waals surface area contributed by atoms with Gasteiger partial charge in [-0.2, -0.15) is 0 Å². The van der Waals surface area contributed by atoms with E-state index in [4.69, 9.17) is 23.2 Å². The van der Waals surface area contributed by atoms with Crippen molar-refractivity contribution in [1.82, 2.24) is 10.2 Å². The molecule has 0 spiro atoms. The molecule has 0 aromatic heterocycles. The molecule has 2 aromatic carbocycles. The summed E-state index contributed by atoms with van der Waals surface area (Å²) >= 11 is 12.0. The van der Waals surface area contributed by atoms with E-state index in [2.05, 4.69) is 5.32 Å². The van der Waals surface area contributed by atoms with Crippen molar-refractivity contribution in [3.63, 3.8) is 0 Å². The Morgan fingerprint density at radius 1 is 1.12 bits per heavy atom. The summed E-state index contributed by atoms with van der Waals surface area (Å²) in [6, 6.07) is 14.1. The van der Waals surface area contributed by atoms with Gasteiger partial charge in [0.15, 0.2) is 0 Å². The standard InChI is InChI=1S/C19H20Cl2N2O2/c1-13(23(14(2)24)12-15-6-4-3-5-7-15)19(25)22-11-16-8-9-17(20)10-18(16)21/h3-10,13H,11-12H2,1-2H3,(H,22,25). The van der Waals surface area contributed by atoms with E-state index in [1.165, 1.54) is 11.8 Å². The summed E-state index contributed by atoms with van der Waals surface area (Å²) < 4.78 is 0. The normalized spacial score (nSPS) is 11.7. The van der Waals surface area contributed by atoms with Crippen molar-refractivity contribution < 1.29 is 9.59 Å². The third-order valence-corrected chi connectivity index (χ3v) is 4.50. The zero-order chi connectivity index (χ0) is 18.4. The Hall–Kier alpha value is -2.04. The van der Waals surface area contributed by atoms with Gasteiger partial charge in [-0.15, -0.1) is 0 Å². The number of nitrogens with zero attached hydrogens (tertiary/aromatic N) is 1. The third kappa shape index (κ3) is 5.48. The van der Waals surface area contributed by atoms with Crippen molar-refractivity contribution in [3.8, 4) is 0 Å². The molecule has 0 saturated carbocycles. The largest absolute Gasteiger partial charge is 0.350 e. The Kier molecular flexibility index (Phi) is 6.85. The van der Waals surface area contributed by atoms with Crippen LogP contribution in [0.1, 0.15) is 25.0 Å². The van der Waals surface area contributed by atoms with E-state index in [1.54, 1.807) is 25.1 Å². The van der Waals surface area contributed by atoms with Crippen LogP contribution in [0, 0.1) is 0 Å². The maximum Gasteiger partial charge on any atom is 0.242 e. The van der Waals surface area contributed by atoms with Crippen molar-refractivity contribution in [2.45, 2.75) is 33.0 Å². The number of halogens is 2. The van der Waals surface area contributed by atoms with Gasteiger partial charge in [0.05, 0.1) is 0 Å². The summed E-state index contributed by atoms with van der Waals surface area (Å²) in [5, 5.41) is 3.85. The van der Waals surface area contributed by atoms with Crippen LogP contribution in [0.4, 0.5) is 0 Å². The first-order valence-corrected chi connectivity index (χ1v) is 8.67. The van der Waals surface area contributed by atoms with Gasteiger partial charge < -0.3 is 10.2 Å². The van der Waals surface area contributed by atoms with Crippen LogP contribution in [0.2, 0.25) is 10.0 Å². The second-order valence-electron chi connectivity index (χ2n) is 5.76. The molecule has 0 aliphatic heterocycles. The molecule has 0 aliphatic rings. The number of nitrogens with one attached hydrogen (secondary N) is 1. The molecule has 1 atom stereocenters. The molecule has 0 radical (unpaired) electrons. The molecule has 6 heteroatoms. The van der Waals surface area contributed by atoms with Crippen LogP contribution < -0.4 is 5.32 Å². The van der Waals surface area contributed by atoms with Crippen LogP contribution in [0.25, 0.3) is 0 Å². The minimum absolute atomic E-state index is 0.156. The van der Waals surface area contributed by atoms with Gasteiger partial charge in [-0.05, 0) is 30.2 Å². The summed E-state index contributed by atoms with van der Waals surface area (Å²) in [5.74, 6) is -0.395. The second-order valence-corrected chi connectivity index (χ2v) is 6.61. The van der Waals surface area contributed by atoms with Crippen LogP contribution in [-0.4, -0.2) is 22.8 Å². The number of amides is 2. The van der Waals surface area contributed by atoms with E-state index in [-0.39, 0.29) is 18.4 Å². The highest BCUT2D eigenvalue weighted by Gasteiger charge is 2.23. The summed E-state index contributed by atoms with van der Waals surface area (Å²) in [6.07, 6.45) is 0. The Balaban J connectivity index is 2.01. The van der Waals surface area contributed by atoms with Crippen molar-refractivity contribution in [2.75, 3.05) is 0 Å². The van der Waals surface area contributed by atoms with Crippen LogP contribution >= 0.6 is 23.2 Å². The Labute approximate surface area is 157 Å². The molecule has 0 aliphatic carbocycles. The first-order valence-electron chi connectivity index (χ1n) is 7.91. The van der Waals surface area contributed by atoms with E-state index in [9.17, 15) is 9.59 Å². The van der Waals surface area contributed by atoms with Crippen LogP contribution in [-0.2, 0) is 22.7 Å². The van der Waals surface area contributed by atoms with Gasteiger partial charge in [-0.25, -0.2) is 0 Å². The molecule has 132 valence electrons. The quantitative estimate of drug-likeness (QED) is 0.823. The first kappa shape index (κ1) is 19.3. The fourth-order valence-corrected chi connectivity index (χ4v) is 2.91. The van der Waals surface area contributed by atoms with Gasteiger partial charge >= 0.3 is 0 Å². The first-order chi connectivity index (χ1) is 11.9. The number of rotatable bonds is 6. The number of hydrogen-bond donors (Lipinski definition) is 1. The van der Waals surface area contributed by atoms with E-state index < -0.39 is 6.04 Å². The number of carbonyl (C=O) groups is 2. The van der Waals surface area contributed by atoms with Gasteiger partial charge in [0.25, 0.3) is 0 Å². The SMILES string of the molecule is CC(=O)N(Cc1ccccc1)C(C)C(=O)NCc1ccc(Cl)cc1Cl. The van der Waals surface area contributed by atoms with Crippen molar-refractivity contribution in [2.24, 2.45) is 0 Å². The summed E-state index contributed by atoms with van der Waals surface area (Å²) in [4.78, 5) is 26.0. The summed E-state index contributed by atoms with van der Waals surface area (Å²) in [6.45, 7) is 3.83. The number of benzene rings is 2. The van der Waals surface area contributed by atoms with Crippen LogP contribution in [0.5, 0.6) is 0 Å². The van der Waals surface area contributed by atoms with Gasteiger partial charge in [0.2, 0.25) is 11.8 Å². The molecule has 1 N–H and O–H groups in total. The van der Waals surface area contributed by atoms with E-state index in [0.717, 1.165) is 11.1 Å². The Bertz CT molecular complexity index is 750. The van der Waals surface area contributed by atoms with Crippen molar-refractivity contribution in [3.05, 3.63) is 69.7 Å². The highest BCUT2D eigenvalue weighted by molar-refractivity contribution is 6.35. The fraction of sp³-hybridized carbons (Fsp3) is 0.263. The van der Waals surface area contributed by atoms with Gasteiger partial charge in [-0.3, -0.25) is 9.59 Å². The Morgan fingerprint density at radius 3 is 2.40 bits per heavy atom. The number of carbonyl (C=O) groups excluding carboxylic acids is 2. The molecule has 25 heavy (non-hydrogen) atoms. The molecule has 2 amide bonds. The molecule has 0 heterocycles. The van der Waals surface area contributed by atoms with Crippen molar-refractivity contribution >= 4 is 35.0 Å². The van der Waals surface area contributed by atoms with Gasteiger partial charge in [0, 0.05) is 30.1 Å². The molecule has 2 aromatic rings. The molecule has 4 nitrogen and oxygen atoms in total. The minimum Gasteiger partial charge on any atom is -0.350 e. The summed E-state index contributed by atoms with van der Waals surface area (Å²) in [7, 11) is 0. The molecule has 0 bridgehead atoms. The topological polar surface area (TPSA) is 49.4 Å². The highest BCUT2D eigenvalue weighted by Crippen LogP contribution is 2.20. The highest BCUT2D eigenvalue weighted by atomic mass is 35.5. The monoisotopic (exact) mass is 378 g/mol. The predicted molar refractivity (Wildman–Crippen MR) is 100 cm³/mol. The molecule has 2 rings (SSSR count). The third-order valence-electron chi connectivity index (χ3n) is 3.92. The summed E-state index contributed by atoms with van der Waals surface area (Å²) in [5.41, 5.74) is 1.74. The molecule has 0 fully saturated rings. The molecule has 0 saturated heterocycles. The minimum atomic E-state index is -0.594. The van der Waals surface area contributed by atoms with Gasteiger partial charge in [0.1, 0.15) is 6.04 Å². The lowest BCUT2D eigenvalue weighted by atomic mass is 10.1. The van der Waals surface area contributed by atoms with Crippen LogP contribution in [0.3, 0.4) is 0 Å². The average Bonchev–Trinajstić information content (AvgIpc) is 2.58. The van der Waals surface area contributed by atoms with E-state index in [1.807, 2.05) is 30.3 Å². The predicted octanol–water partition coefficient (Wildman–Crippen LogP) is 4.05. The maximum absolute atomic E-state index is 12.5.